The molecule has 1 aromatic carbocycles. The predicted octanol–water partition coefficient (Wildman–Crippen LogP) is 2.66. The van der Waals surface area contributed by atoms with Crippen LogP contribution in [0.4, 0.5) is 0 Å². The van der Waals surface area contributed by atoms with Crippen LogP contribution in [0.25, 0.3) is 0 Å². The highest BCUT2D eigenvalue weighted by Gasteiger charge is 2.28. The molecule has 1 fully saturated rings. The summed E-state index contributed by atoms with van der Waals surface area (Å²) < 4.78 is 5.66. The van der Waals surface area contributed by atoms with Crippen molar-refractivity contribution in [3.05, 3.63) is 29.8 Å². The van der Waals surface area contributed by atoms with Crippen molar-refractivity contribution in [1.82, 2.24) is 5.32 Å². The van der Waals surface area contributed by atoms with E-state index in [-0.39, 0.29) is 11.7 Å². The maximum absolute atomic E-state index is 12.3. The van der Waals surface area contributed by atoms with Crippen molar-refractivity contribution < 1.29 is 9.53 Å². The van der Waals surface area contributed by atoms with E-state index in [0.29, 0.717) is 6.61 Å². The number of ketones is 1. The van der Waals surface area contributed by atoms with Crippen molar-refractivity contribution >= 4 is 5.78 Å². The van der Waals surface area contributed by atoms with Crippen LogP contribution in [-0.4, -0.2) is 25.5 Å². The SMILES string of the molecule is O=C1c2ccccc2OCC1CCNCCC1CC1. The van der Waals surface area contributed by atoms with Gasteiger partial charge in [0.2, 0.25) is 0 Å². The van der Waals surface area contributed by atoms with Gasteiger partial charge in [0.1, 0.15) is 5.75 Å². The lowest BCUT2D eigenvalue weighted by molar-refractivity contribution is 0.0821. The monoisotopic (exact) mass is 259 g/mol. The van der Waals surface area contributed by atoms with Gasteiger partial charge in [-0.05, 0) is 44.0 Å². The smallest absolute Gasteiger partial charge is 0.173 e. The van der Waals surface area contributed by atoms with Crippen molar-refractivity contribution in [1.29, 1.82) is 0 Å². The summed E-state index contributed by atoms with van der Waals surface area (Å²) in [5.41, 5.74) is 0.747. The molecule has 0 bridgehead atoms. The Morgan fingerprint density at radius 1 is 1.16 bits per heavy atom. The topological polar surface area (TPSA) is 38.3 Å². The molecule has 3 rings (SSSR count). The summed E-state index contributed by atoms with van der Waals surface area (Å²) >= 11 is 0. The molecule has 3 heteroatoms. The zero-order valence-electron chi connectivity index (χ0n) is 11.2. The number of hydrogen-bond acceptors (Lipinski definition) is 3. The Hall–Kier alpha value is -1.35. The van der Waals surface area contributed by atoms with E-state index in [2.05, 4.69) is 5.32 Å². The molecule has 0 saturated heterocycles. The fraction of sp³-hybridized carbons (Fsp3) is 0.562. The van der Waals surface area contributed by atoms with Crippen LogP contribution in [-0.2, 0) is 0 Å². The van der Waals surface area contributed by atoms with Crippen molar-refractivity contribution in [2.45, 2.75) is 25.7 Å². The van der Waals surface area contributed by atoms with Gasteiger partial charge in [-0.3, -0.25) is 4.79 Å². The molecule has 3 nitrogen and oxygen atoms in total. The summed E-state index contributed by atoms with van der Waals surface area (Å²) in [6, 6.07) is 7.55. The molecule has 0 radical (unpaired) electrons. The number of carbonyl (C=O) groups is 1. The van der Waals surface area contributed by atoms with Crippen LogP contribution >= 0.6 is 0 Å². The van der Waals surface area contributed by atoms with Gasteiger partial charge >= 0.3 is 0 Å². The maximum Gasteiger partial charge on any atom is 0.173 e. The van der Waals surface area contributed by atoms with Gasteiger partial charge in [-0.2, -0.15) is 0 Å². The van der Waals surface area contributed by atoms with Gasteiger partial charge in [-0.15, -0.1) is 0 Å². The Bertz CT molecular complexity index is 454. The van der Waals surface area contributed by atoms with Gasteiger partial charge < -0.3 is 10.1 Å². The van der Waals surface area contributed by atoms with E-state index < -0.39 is 0 Å². The van der Waals surface area contributed by atoms with Crippen molar-refractivity contribution in [2.24, 2.45) is 11.8 Å². The number of benzene rings is 1. The van der Waals surface area contributed by atoms with Gasteiger partial charge in [-0.1, -0.05) is 25.0 Å². The summed E-state index contributed by atoms with van der Waals surface area (Å²) in [6.07, 6.45) is 4.98. The fourth-order valence-corrected chi connectivity index (χ4v) is 2.61. The lowest BCUT2D eigenvalue weighted by Gasteiger charge is -2.24. The summed E-state index contributed by atoms with van der Waals surface area (Å²) in [6.45, 7) is 2.53. The molecule has 0 aromatic heterocycles. The molecular formula is C16H21NO2. The number of para-hydroxylation sites is 1. The van der Waals surface area contributed by atoms with Crippen molar-refractivity contribution in [3.63, 3.8) is 0 Å². The molecule has 1 aliphatic carbocycles. The van der Waals surface area contributed by atoms with Crippen LogP contribution < -0.4 is 10.1 Å². The minimum Gasteiger partial charge on any atom is -0.492 e. The van der Waals surface area contributed by atoms with E-state index in [1.807, 2.05) is 24.3 Å². The molecule has 1 unspecified atom stereocenters. The Kier molecular flexibility index (Phi) is 3.83. The molecule has 1 heterocycles. The van der Waals surface area contributed by atoms with Crippen LogP contribution in [0.3, 0.4) is 0 Å². The third kappa shape index (κ3) is 3.16. The summed E-state index contributed by atoms with van der Waals surface area (Å²) in [5.74, 6) is 1.97. The first-order chi connectivity index (χ1) is 9.34. The molecule has 19 heavy (non-hydrogen) atoms. The quantitative estimate of drug-likeness (QED) is 0.798. The Balaban J connectivity index is 1.45. The third-order valence-corrected chi connectivity index (χ3v) is 4.06. The molecule has 0 amide bonds. The molecule has 1 atom stereocenters. The second-order valence-corrected chi connectivity index (χ2v) is 5.64. The van der Waals surface area contributed by atoms with Crippen molar-refractivity contribution in [2.75, 3.05) is 19.7 Å². The second kappa shape index (κ2) is 5.74. The Morgan fingerprint density at radius 2 is 1.95 bits per heavy atom. The largest absolute Gasteiger partial charge is 0.492 e. The summed E-state index contributed by atoms with van der Waals surface area (Å²) in [4.78, 5) is 12.3. The molecular weight excluding hydrogens is 238 g/mol. The minimum absolute atomic E-state index is 0.0170. The average molecular weight is 259 g/mol. The molecule has 1 saturated carbocycles. The van der Waals surface area contributed by atoms with E-state index in [1.54, 1.807) is 0 Å². The predicted molar refractivity (Wildman–Crippen MR) is 74.6 cm³/mol. The number of fused-ring (bicyclic) bond motifs is 1. The van der Waals surface area contributed by atoms with Crippen LogP contribution in [0.2, 0.25) is 0 Å². The van der Waals surface area contributed by atoms with E-state index in [4.69, 9.17) is 4.74 Å². The Morgan fingerprint density at radius 3 is 2.79 bits per heavy atom. The minimum atomic E-state index is 0.0170. The number of nitrogens with one attached hydrogen (secondary N) is 1. The highest BCUT2D eigenvalue weighted by atomic mass is 16.5. The molecule has 1 aliphatic heterocycles. The van der Waals surface area contributed by atoms with Gasteiger partial charge in [0.25, 0.3) is 0 Å². The maximum atomic E-state index is 12.3. The average Bonchev–Trinajstić information content (AvgIpc) is 3.25. The Labute approximate surface area is 114 Å². The first-order valence-electron chi connectivity index (χ1n) is 7.31. The number of Topliss-reactive ketones (excluding diaryl/α,β-unsaturated/α-hetero) is 1. The first-order valence-corrected chi connectivity index (χ1v) is 7.31. The van der Waals surface area contributed by atoms with Gasteiger partial charge in [0.15, 0.2) is 5.78 Å². The highest BCUT2D eigenvalue weighted by molar-refractivity contribution is 6.01. The van der Waals surface area contributed by atoms with Crippen LogP contribution in [0, 0.1) is 11.8 Å². The summed E-state index contributed by atoms with van der Waals surface area (Å²) in [7, 11) is 0. The number of rotatable bonds is 6. The fourth-order valence-electron chi connectivity index (χ4n) is 2.61. The second-order valence-electron chi connectivity index (χ2n) is 5.64. The normalized spacial score (nSPS) is 21.9. The standard InChI is InChI=1S/C16H21NO2/c18-16-13(8-10-17-9-7-12-5-6-12)11-19-15-4-2-1-3-14(15)16/h1-4,12-13,17H,5-11H2. The molecule has 0 spiro atoms. The number of carbonyl (C=O) groups excluding carboxylic acids is 1. The van der Waals surface area contributed by atoms with Crippen LogP contribution in [0.15, 0.2) is 24.3 Å². The van der Waals surface area contributed by atoms with Gasteiger partial charge in [0.05, 0.1) is 18.1 Å². The van der Waals surface area contributed by atoms with Crippen LogP contribution in [0.1, 0.15) is 36.0 Å². The van der Waals surface area contributed by atoms with E-state index in [1.165, 1.54) is 19.3 Å². The molecule has 2 aliphatic rings. The number of hydrogen-bond donors (Lipinski definition) is 1. The lowest BCUT2D eigenvalue weighted by Crippen LogP contribution is -2.31. The van der Waals surface area contributed by atoms with E-state index >= 15 is 0 Å². The zero-order chi connectivity index (χ0) is 13.1. The van der Waals surface area contributed by atoms with Gasteiger partial charge in [0, 0.05) is 0 Å². The first kappa shape index (κ1) is 12.7. The van der Waals surface area contributed by atoms with Crippen molar-refractivity contribution in [3.8, 4) is 5.75 Å². The molecule has 1 N–H and O–H groups in total. The zero-order valence-corrected chi connectivity index (χ0v) is 11.2. The third-order valence-electron chi connectivity index (χ3n) is 4.06. The van der Waals surface area contributed by atoms with Gasteiger partial charge in [-0.25, -0.2) is 0 Å². The number of ether oxygens (including phenoxy) is 1. The van der Waals surface area contributed by atoms with E-state index in [0.717, 1.165) is 36.7 Å². The molecule has 102 valence electrons. The molecule has 1 aromatic rings. The highest BCUT2D eigenvalue weighted by Crippen LogP contribution is 2.31. The summed E-state index contributed by atoms with van der Waals surface area (Å²) in [5, 5.41) is 3.44. The van der Waals surface area contributed by atoms with Crippen LogP contribution in [0.5, 0.6) is 5.75 Å². The lowest BCUT2D eigenvalue weighted by atomic mass is 9.92. The van der Waals surface area contributed by atoms with E-state index in [9.17, 15) is 4.79 Å².